The minimum Gasteiger partial charge on any atom is -0.276 e. The summed E-state index contributed by atoms with van der Waals surface area (Å²) >= 11 is 5.37. The maximum atomic E-state index is 10.9. The molecule has 0 fully saturated rings. The molecule has 0 radical (unpaired) electrons. The quantitative estimate of drug-likeness (QED) is 0.782. The topological polar surface area (TPSA) is 42.9 Å². The van der Waals surface area contributed by atoms with E-state index in [4.69, 9.17) is 11.6 Å². The lowest BCUT2D eigenvalue weighted by molar-refractivity contribution is 0.108. The first-order valence-corrected chi connectivity index (χ1v) is 5.69. The molecule has 4 heteroatoms. The minimum absolute atomic E-state index is 0.459. The molecule has 2 aromatic rings. The Bertz CT molecular complexity index is 520. The van der Waals surface area contributed by atoms with Crippen molar-refractivity contribution in [1.29, 1.82) is 0 Å². The maximum Gasteiger partial charge on any atom is 0.252 e. The van der Waals surface area contributed by atoms with Crippen LogP contribution in [0.3, 0.4) is 0 Å². The first-order chi connectivity index (χ1) is 8.20. The number of hydrogen-bond donors (Lipinski definition) is 0. The molecule has 2 rings (SSSR count). The first kappa shape index (κ1) is 11.7. The summed E-state index contributed by atoms with van der Waals surface area (Å²) in [6.07, 6.45) is 4.53. The lowest BCUT2D eigenvalue weighted by Gasteiger charge is -2.01. The van der Waals surface area contributed by atoms with Gasteiger partial charge in [-0.3, -0.25) is 4.79 Å². The minimum atomic E-state index is -0.459. The summed E-state index contributed by atoms with van der Waals surface area (Å²) in [4.78, 5) is 19.4. The Morgan fingerprint density at radius 2 is 1.76 bits per heavy atom. The van der Waals surface area contributed by atoms with Crippen molar-refractivity contribution in [2.24, 2.45) is 0 Å². The molecule has 0 spiro atoms. The van der Waals surface area contributed by atoms with Crippen LogP contribution < -0.4 is 0 Å². The number of benzene rings is 1. The second kappa shape index (κ2) is 5.06. The zero-order chi connectivity index (χ0) is 12.3. The van der Waals surface area contributed by atoms with Crippen LogP contribution in [0.2, 0.25) is 0 Å². The van der Waals surface area contributed by atoms with Gasteiger partial charge in [0.2, 0.25) is 0 Å². The molecule has 17 heavy (non-hydrogen) atoms. The van der Waals surface area contributed by atoms with Crippen molar-refractivity contribution in [2.75, 3.05) is 0 Å². The van der Waals surface area contributed by atoms with Crippen LogP contribution in [-0.4, -0.2) is 15.2 Å². The van der Waals surface area contributed by atoms with Gasteiger partial charge in [-0.25, -0.2) is 9.97 Å². The number of halogens is 1. The van der Waals surface area contributed by atoms with Crippen molar-refractivity contribution in [2.45, 2.75) is 13.3 Å². The Kier molecular flexibility index (Phi) is 3.49. The van der Waals surface area contributed by atoms with Gasteiger partial charge in [-0.2, -0.15) is 0 Å². The molecule has 0 unspecified atom stereocenters. The van der Waals surface area contributed by atoms with Crippen molar-refractivity contribution in [3.05, 3.63) is 47.8 Å². The third kappa shape index (κ3) is 2.68. The van der Waals surface area contributed by atoms with E-state index in [0.717, 1.165) is 17.5 Å². The number of rotatable bonds is 3. The Balaban J connectivity index is 2.29. The number of carbonyl (C=O) groups is 1. The Morgan fingerprint density at radius 3 is 2.24 bits per heavy atom. The number of carbonyl (C=O) groups excluding carboxylic acids is 1. The summed E-state index contributed by atoms with van der Waals surface area (Å²) in [5.41, 5.74) is 2.44. The fourth-order valence-corrected chi connectivity index (χ4v) is 1.56. The molecule has 0 aliphatic heterocycles. The van der Waals surface area contributed by atoms with E-state index in [-0.39, 0.29) is 0 Å². The van der Waals surface area contributed by atoms with E-state index >= 15 is 0 Å². The van der Waals surface area contributed by atoms with Crippen LogP contribution in [0.15, 0.2) is 36.7 Å². The van der Waals surface area contributed by atoms with Gasteiger partial charge < -0.3 is 0 Å². The van der Waals surface area contributed by atoms with E-state index in [0.29, 0.717) is 11.4 Å². The third-order valence-corrected chi connectivity index (χ3v) is 2.70. The highest BCUT2D eigenvalue weighted by Gasteiger charge is 2.04. The van der Waals surface area contributed by atoms with E-state index in [9.17, 15) is 4.79 Å². The Labute approximate surface area is 104 Å². The molecule has 0 saturated heterocycles. The maximum absolute atomic E-state index is 10.9. The van der Waals surface area contributed by atoms with Crippen LogP contribution in [-0.2, 0) is 6.42 Å². The van der Waals surface area contributed by atoms with Gasteiger partial charge in [-0.1, -0.05) is 19.1 Å². The highest BCUT2D eigenvalue weighted by Crippen LogP contribution is 2.16. The van der Waals surface area contributed by atoms with Gasteiger partial charge in [0.15, 0.2) is 5.82 Å². The predicted octanol–water partition coefficient (Wildman–Crippen LogP) is 3.09. The van der Waals surface area contributed by atoms with Crippen LogP contribution in [0.4, 0.5) is 0 Å². The fraction of sp³-hybridized carbons (Fsp3) is 0.154. The van der Waals surface area contributed by atoms with Crippen LogP contribution in [0.25, 0.3) is 11.4 Å². The molecule has 1 heterocycles. The monoisotopic (exact) mass is 246 g/mol. The zero-order valence-corrected chi connectivity index (χ0v) is 10.1. The van der Waals surface area contributed by atoms with Crippen LogP contribution in [0.5, 0.6) is 0 Å². The van der Waals surface area contributed by atoms with Gasteiger partial charge >= 0.3 is 0 Å². The van der Waals surface area contributed by atoms with Crippen molar-refractivity contribution in [1.82, 2.24) is 9.97 Å². The van der Waals surface area contributed by atoms with E-state index in [1.165, 1.54) is 0 Å². The van der Waals surface area contributed by atoms with Gasteiger partial charge in [0.05, 0.1) is 0 Å². The highest BCUT2D eigenvalue weighted by atomic mass is 35.5. The number of aromatic nitrogens is 2. The summed E-state index contributed by atoms with van der Waals surface area (Å²) in [5.74, 6) is 0.649. The fourth-order valence-electron chi connectivity index (χ4n) is 1.44. The van der Waals surface area contributed by atoms with Crippen molar-refractivity contribution < 1.29 is 4.79 Å². The van der Waals surface area contributed by atoms with E-state index in [1.54, 1.807) is 24.3 Å². The van der Waals surface area contributed by atoms with Crippen molar-refractivity contribution in [3.8, 4) is 11.4 Å². The molecule has 0 saturated carbocycles. The van der Waals surface area contributed by atoms with Crippen molar-refractivity contribution in [3.63, 3.8) is 0 Å². The summed E-state index contributed by atoms with van der Waals surface area (Å²) in [5, 5.41) is -0.459. The SMILES string of the molecule is CCc1cnc(-c2ccc(C(=O)Cl)cc2)nc1. The van der Waals surface area contributed by atoms with Gasteiger partial charge in [0.1, 0.15) is 0 Å². The standard InChI is InChI=1S/C13H11ClN2O/c1-2-9-7-15-13(16-8-9)11-5-3-10(4-6-11)12(14)17/h3-8H,2H2,1H3. The van der Waals surface area contributed by atoms with Gasteiger partial charge in [-0.05, 0) is 35.7 Å². The predicted molar refractivity (Wildman–Crippen MR) is 67.0 cm³/mol. The molecule has 86 valence electrons. The second-order valence-corrected chi connectivity index (χ2v) is 3.96. The molecule has 0 aliphatic rings. The number of nitrogens with zero attached hydrogens (tertiary/aromatic N) is 2. The van der Waals surface area contributed by atoms with Crippen molar-refractivity contribution >= 4 is 16.8 Å². The molecule has 3 nitrogen and oxygen atoms in total. The Hall–Kier alpha value is -1.74. The molecule has 0 N–H and O–H groups in total. The molecule has 0 bridgehead atoms. The molecule has 1 aromatic carbocycles. The molecule has 0 amide bonds. The van der Waals surface area contributed by atoms with E-state index in [1.807, 2.05) is 12.4 Å². The molecule has 0 atom stereocenters. The average Bonchev–Trinajstić information content (AvgIpc) is 2.39. The third-order valence-electron chi connectivity index (χ3n) is 2.48. The van der Waals surface area contributed by atoms with E-state index in [2.05, 4.69) is 16.9 Å². The van der Waals surface area contributed by atoms with Gasteiger partial charge in [0.25, 0.3) is 5.24 Å². The lowest BCUT2D eigenvalue weighted by Crippen LogP contribution is -1.92. The van der Waals surface area contributed by atoms with Crippen LogP contribution in [0.1, 0.15) is 22.8 Å². The molecule has 1 aromatic heterocycles. The average molecular weight is 247 g/mol. The first-order valence-electron chi connectivity index (χ1n) is 5.32. The molecular weight excluding hydrogens is 236 g/mol. The summed E-state index contributed by atoms with van der Waals surface area (Å²) in [6, 6.07) is 6.91. The largest absolute Gasteiger partial charge is 0.276 e. The zero-order valence-electron chi connectivity index (χ0n) is 9.35. The number of hydrogen-bond acceptors (Lipinski definition) is 3. The molecule has 0 aliphatic carbocycles. The highest BCUT2D eigenvalue weighted by molar-refractivity contribution is 6.67. The lowest BCUT2D eigenvalue weighted by atomic mass is 10.1. The summed E-state index contributed by atoms with van der Waals surface area (Å²) < 4.78 is 0. The van der Waals surface area contributed by atoms with Crippen LogP contribution >= 0.6 is 11.6 Å². The Morgan fingerprint density at radius 1 is 1.18 bits per heavy atom. The van der Waals surface area contributed by atoms with Gasteiger partial charge in [0, 0.05) is 23.5 Å². The van der Waals surface area contributed by atoms with Crippen LogP contribution in [0, 0.1) is 0 Å². The summed E-state index contributed by atoms with van der Waals surface area (Å²) in [7, 11) is 0. The molecular formula is C13H11ClN2O. The summed E-state index contributed by atoms with van der Waals surface area (Å²) in [6.45, 7) is 2.05. The second-order valence-electron chi connectivity index (χ2n) is 3.62. The normalized spacial score (nSPS) is 10.2. The number of aryl methyl sites for hydroxylation is 1. The van der Waals surface area contributed by atoms with Gasteiger partial charge in [-0.15, -0.1) is 0 Å². The smallest absolute Gasteiger partial charge is 0.252 e. The van der Waals surface area contributed by atoms with E-state index < -0.39 is 5.24 Å².